The molecule has 0 aliphatic heterocycles. The fourth-order valence-corrected chi connectivity index (χ4v) is 8.01. The van der Waals surface area contributed by atoms with Gasteiger partial charge < -0.3 is 4.42 Å². The second-order valence-electron chi connectivity index (χ2n) is 13.3. The number of hydrogen-bond donors (Lipinski definition) is 0. The van der Waals surface area contributed by atoms with Gasteiger partial charge in [0.15, 0.2) is 5.58 Å². The molecule has 0 aliphatic carbocycles. The monoisotopic (exact) mass is 697 g/mol. The van der Waals surface area contributed by atoms with Gasteiger partial charge in [-0.25, -0.2) is 9.97 Å². The van der Waals surface area contributed by atoms with Crippen LogP contribution in [0.3, 0.4) is 0 Å². The first-order valence-electron chi connectivity index (χ1n) is 17.7. The van der Waals surface area contributed by atoms with Crippen LogP contribution in [0.15, 0.2) is 178 Å². The van der Waals surface area contributed by atoms with E-state index in [1.165, 1.54) is 0 Å². The topological polar surface area (TPSA) is 87.3 Å². The molecule has 0 aliphatic rings. The molecular formula is C46H27N5O3. The smallest absolute Gasteiger partial charge is 0.280 e. The van der Waals surface area contributed by atoms with Crippen LogP contribution in [0.5, 0.6) is 0 Å². The average molecular weight is 698 g/mol. The van der Waals surface area contributed by atoms with E-state index in [-0.39, 0.29) is 16.6 Å². The first-order valence-corrected chi connectivity index (χ1v) is 17.7. The molecule has 0 N–H and O–H groups in total. The molecule has 5 heterocycles. The van der Waals surface area contributed by atoms with Gasteiger partial charge in [-0.05, 0) is 48.0 Å². The summed E-state index contributed by atoms with van der Waals surface area (Å²) in [5, 5.41) is 2.04. The molecule has 11 aromatic rings. The van der Waals surface area contributed by atoms with Crippen molar-refractivity contribution in [3.05, 3.63) is 184 Å². The highest BCUT2D eigenvalue weighted by Gasteiger charge is 2.28. The van der Waals surface area contributed by atoms with Gasteiger partial charge in [-0.2, -0.15) is 0 Å². The summed E-state index contributed by atoms with van der Waals surface area (Å²) in [7, 11) is 0. The molecule has 8 nitrogen and oxygen atoms in total. The minimum Gasteiger partial charge on any atom is -0.452 e. The van der Waals surface area contributed by atoms with Gasteiger partial charge in [-0.15, -0.1) is 0 Å². The number of fused-ring (bicyclic) bond motifs is 9. The zero-order valence-electron chi connectivity index (χ0n) is 28.5. The van der Waals surface area contributed by atoms with E-state index in [9.17, 15) is 0 Å². The molecule has 0 unspecified atom stereocenters. The van der Waals surface area contributed by atoms with Crippen LogP contribution in [0.25, 0.3) is 94.4 Å². The number of aromatic nitrogens is 5. The minimum atomic E-state index is -0.322. The molecule has 0 bridgehead atoms. The molecule has 54 heavy (non-hydrogen) atoms. The third-order valence-corrected chi connectivity index (χ3v) is 10.3. The Balaban J connectivity index is 1.41. The Bertz CT molecular complexity index is 3420. The Kier molecular flexibility index (Phi) is 6.39. The molecule has 11 rings (SSSR count). The zero-order valence-corrected chi connectivity index (χ0v) is 28.5. The number of rotatable bonds is 4. The van der Waals surface area contributed by atoms with Crippen molar-refractivity contribution in [2.75, 3.05) is 0 Å². The second kappa shape index (κ2) is 11.5. The fourth-order valence-electron chi connectivity index (χ4n) is 8.01. The van der Waals surface area contributed by atoms with Crippen LogP contribution in [0.4, 0.5) is 0 Å². The van der Waals surface area contributed by atoms with E-state index < -0.39 is 0 Å². The van der Waals surface area contributed by atoms with Gasteiger partial charge in [0.05, 0.1) is 27.5 Å². The van der Waals surface area contributed by atoms with E-state index in [0.717, 1.165) is 27.4 Å². The van der Waals surface area contributed by atoms with Crippen LogP contribution in [-0.2, 0) is 0 Å². The Morgan fingerprint density at radius 2 is 1.07 bits per heavy atom. The Morgan fingerprint density at radius 1 is 0.481 bits per heavy atom. The van der Waals surface area contributed by atoms with Crippen LogP contribution in [0.1, 0.15) is 0 Å². The summed E-state index contributed by atoms with van der Waals surface area (Å²) < 4.78 is 11.7. The maximum atomic E-state index is 15.3. The summed E-state index contributed by atoms with van der Waals surface area (Å²) in [5.74, 6) is 0.351. The quantitative estimate of drug-likeness (QED) is 0.171. The Labute approximate surface area is 306 Å². The van der Waals surface area contributed by atoms with Gasteiger partial charge >= 0.3 is 0 Å². The standard InChI is InChI=1S/C46H27N5O3/c52-44-38-31-22-10-12-24-33(31)51(46-47-39(29-18-6-2-7-19-29)43-40(48-46)32-23-11-15-27-36(32)54-43)41(38)37(28-16-4-1-5-17-28)42-45(53)49(30-20-8-3-9-21-30)34-25-13-14-26-35(34)50(42)44/h1-27H. The summed E-state index contributed by atoms with van der Waals surface area (Å²) in [6, 6.07) is 52.4. The number of hydrogen-bond acceptors (Lipinski definition) is 5. The lowest BCUT2D eigenvalue weighted by Crippen LogP contribution is -2.28. The largest absolute Gasteiger partial charge is 0.452 e. The number of nitrogens with zero attached hydrogens (tertiary/aromatic N) is 5. The second-order valence-corrected chi connectivity index (χ2v) is 13.3. The summed E-state index contributed by atoms with van der Waals surface area (Å²) in [6.07, 6.45) is 0. The molecule has 0 saturated heterocycles. The molecular weight excluding hydrogens is 671 g/mol. The molecule has 0 spiro atoms. The molecule has 0 atom stereocenters. The molecule has 6 aromatic carbocycles. The summed E-state index contributed by atoms with van der Waals surface area (Å²) in [5.41, 5.74) is 7.61. The predicted octanol–water partition coefficient (Wildman–Crippen LogP) is 9.72. The number of para-hydroxylation sites is 5. The van der Waals surface area contributed by atoms with Crippen molar-refractivity contribution in [2.45, 2.75) is 0 Å². The van der Waals surface area contributed by atoms with Crippen molar-refractivity contribution in [3.63, 3.8) is 0 Å². The van der Waals surface area contributed by atoms with Crippen LogP contribution in [0.2, 0.25) is 0 Å². The predicted molar refractivity (Wildman–Crippen MR) is 215 cm³/mol. The molecule has 8 heteroatoms. The number of furan rings is 1. The van der Waals surface area contributed by atoms with Crippen LogP contribution in [-0.4, -0.2) is 23.5 Å². The zero-order chi connectivity index (χ0) is 35.9. The third-order valence-electron chi connectivity index (χ3n) is 10.3. The summed E-state index contributed by atoms with van der Waals surface area (Å²) >= 11 is 0. The van der Waals surface area contributed by atoms with E-state index in [2.05, 4.69) is 0 Å². The number of pyridine rings is 1. The third kappa shape index (κ3) is 4.19. The minimum absolute atomic E-state index is 0.253. The van der Waals surface area contributed by atoms with Crippen LogP contribution >= 0.6 is 0 Å². The summed E-state index contributed by atoms with van der Waals surface area (Å²) in [4.78, 5) is 41.1. The van der Waals surface area contributed by atoms with E-state index in [4.69, 9.17) is 14.4 Å². The average Bonchev–Trinajstić information content (AvgIpc) is 3.78. The normalized spacial score (nSPS) is 11.9. The lowest BCUT2D eigenvalue weighted by Gasteiger charge is -2.18. The highest BCUT2D eigenvalue weighted by Crippen LogP contribution is 2.40. The lowest BCUT2D eigenvalue weighted by molar-refractivity contribution is 0.666. The molecule has 0 radical (unpaired) electrons. The van der Waals surface area contributed by atoms with Gasteiger partial charge in [0.25, 0.3) is 11.1 Å². The van der Waals surface area contributed by atoms with Crippen molar-refractivity contribution in [3.8, 4) is 34.0 Å². The maximum absolute atomic E-state index is 15.3. The fraction of sp³-hybridized carbons (Fsp3) is 0. The first kappa shape index (κ1) is 30.1. The van der Waals surface area contributed by atoms with Gasteiger partial charge in [-0.3, -0.25) is 23.1 Å². The van der Waals surface area contributed by atoms with Gasteiger partial charge in [-0.1, -0.05) is 121 Å². The van der Waals surface area contributed by atoms with Crippen molar-refractivity contribution in [1.29, 1.82) is 0 Å². The van der Waals surface area contributed by atoms with Gasteiger partial charge in [0.2, 0.25) is 5.95 Å². The summed E-state index contributed by atoms with van der Waals surface area (Å²) in [6.45, 7) is 0. The van der Waals surface area contributed by atoms with Crippen molar-refractivity contribution in [1.82, 2.24) is 23.5 Å². The van der Waals surface area contributed by atoms with E-state index >= 15 is 9.59 Å². The molecule has 0 amide bonds. The first-order chi connectivity index (χ1) is 26.7. The van der Waals surface area contributed by atoms with E-state index in [1.807, 2.05) is 168 Å². The Hall–Kier alpha value is -7.58. The molecule has 254 valence electrons. The van der Waals surface area contributed by atoms with Crippen molar-refractivity contribution >= 4 is 60.4 Å². The molecule has 0 saturated carbocycles. The van der Waals surface area contributed by atoms with Crippen LogP contribution in [0, 0.1) is 0 Å². The molecule has 0 fully saturated rings. The van der Waals surface area contributed by atoms with Crippen LogP contribution < -0.4 is 11.1 Å². The van der Waals surface area contributed by atoms with Gasteiger partial charge in [0.1, 0.15) is 22.3 Å². The highest BCUT2D eigenvalue weighted by atomic mass is 16.3. The van der Waals surface area contributed by atoms with E-state index in [0.29, 0.717) is 61.5 Å². The van der Waals surface area contributed by atoms with Crippen molar-refractivity contribution in [2.24, 2.45) is 0 Å². The van der Waals surface area contributed by atoms with Crippen molar-refractivity contribution < 1.29 is 4.42 Å². The lowest BCUT2D eigenvalue weighted by atomic mass is 10.0. The molecule has 5 aromatic heterocycles. The maximum Gasteiger partial charge on any atom is 0.280 e. The SMILES string of the molecule is O=c1c2c(-c3ccccc3)c3c(c(=O)n2c2ccccc2n1-c1ccccc1)c1ccccc1n3-c1nc(-c2ccccc2)c2oc3ccccc3c2n1. The van der Waals surface area contributed by atoms with E-state index in [1.54, 1.807) is 8.97 Å². The van der Waals surface area contributed by atoms with Gasteiger partial charge in [0, 0.05) is 27.6 Å². The number of benzene rings is 6. The Morgan fingerprint density at radius 3 is 1.81 bits per heavy atom. The highest BCUT2D eigenvalue weighted by molar-refractivity contribution is 6.16.